The van der Waals surface area contributed by atoms with Crippen LogP contribution in [0.15, 0.2) is 77.2 Å². The van der Waals surface area contributed by atoms with E-state index < -0.39 is 38.3 Å². The zero-order valence-corrected chi connectivity index (χ0v) is 25.6. The molecule has 0 radical (unpaired) electrons. The zero-order valence-electron chi connectivity index (χ0n) is 24.0. The first-order valence-electron chi connectivity index (χ1n) is 14.5. The number of nitrogens with one attached hydrogen (secondary N) is 1. The van der Waals surface area contributed by atoms with Gasteiger partial charge in [0, 0.05) is 54.7 Å². The van der Waals surface area contributed by atoms with Crippen molar-refractivity contribution < 1.29 is 26.4 Å². The number of carbonyl (C=O) groups excluding carboxylic acids is 1. The maximum Gasteiger partial charge on any atom is 0.418 e. The molecular weight excluding hydrogens is 613 g/mol. The Morgan fingerprint density at radius 2 is 1.55 bits per heavy atom. The molecule has 3 N–H and O–H groups in total. The Labute approximate surface area is 260 Å². The fraction of sp³-hybridized carbons (Fsp3) is 0.344. The highest BCUT2D eigenvalue weighted by Crippen LogP contribution is 2.35. The molecule has 1 aliphatic carbocycles. The van der Waals surface area contributed by atoms with E-state index in [0.29, 0.717) is 6.07 Å². The van der Waals surface area contributed by atoms with Crippen LogP contribution in [0.1, 0.15) is 53.6 Å². The Morgan fingerprint density at radius 3 is 2.20 bits per heavy atom. The maximum atomic E-state index is 13.2. The van der Waals surface area contributed by atoms with Crippen molar-refractivity contribution in [1.82, 2.24) is 9.62 Å². The number of allylic oxidation sites excluding steroid dienone is 1. The van der Waals surface area contributed by atoms with E-state index in [9.17, 15) is 26.4 Å². The molecule has 1 fully saturated rings. The van der Waals surface area contributed by atoms with E-state index in [1.807, 2.05) is 16.9 Å². The number of hydrogen-bond acceptors (Lipinski definition) is 6. The average Bonchev–Trinajstić information content (AvgIpc) is 3.23. The normalized spacial score (nSPS) is 17.0. The standard InChI is InChI=1S/C32H34ClF3N4O3S/c33-25-10-6-22(7-11-25)28-5-3-1-2-4-24(28)21-39-16-18-40(19-17-39)26-12-8-23(9-13-26)31(41)38-44(42,43)27-14-15-30(37)29(20-27)32(34,35)36/h6-15,20H,1-5,16-19,21,37H2,(H,38,41). The second-order valence-electron chi connectivity index (χ2n) is 11.1. The highest BCUT2D eigenvalue weighted by atomic mass is 35.5. The van der Waals surface area contributed by atoms with Crippen LogP contribution in [0.3, 0.4) is 0 Å². The van der Waals surface area contributed by atoms with Crippen molar-refractivity contribution in [1.29, 1.82) is 0 Å². The van der Waals surface area contributed by atoms with Crippen LogP contribution in [0.25, 0.3) is 5.57 Å². The minimum Gasteiger partial charge on any atom is -0.398 e. The monoisotopic (exact) mass is 646 g/mol. The number of nitrogen functional groups attached to an aromatic ring is 1. The summed E-state index contributed by atoms with van der Waals surface area (Å²) in [6.45, 7) is 4.26. The van der Waals surface area contributed by atoms with Gasteiger partial charge >= 0.3 is 6.18 Å². The van der Waals surface area contributed by atoms with Crippen molar-refractivity contribution in [3.63, 3.8) is 0 Å². The Kier molecular flexibility index (Phi) is 9.57. The second kappa shape index (κ2) is 13.2. The molecule has 5 rings (SSSR count). The van der Waals surface area contributed by atoms with Crippen molar-refractivity contribution in [2.24, 2.45) is 0 Å². The average molecular weight is 647 g/mol. The second-order valence-corrected chi connectivity index (χ2v) is 13.3. The van der Waals surface area contributed by atoms with E-state index in [2.05, 4.69) is 21.9 Å². The predicted molar refractivity (Wildman–Crippen MR) is 167 cm³/mol. The Morgan fingerprint density at radius 1 is 0.886 bits per heavy atom. The van der Waals surface area contributed by atoms with E-state index in [1.165, 1.54) is 48.1 Å². The number of nitrogens with two attached hydrogens (primary N) is 1. The van der Waals surface area contributed by atoms with Crippen LogP contribution in [0.2, 0.25) is 5.02 Å². The molecule has 2 aliphatic rings. The molecule has 3 aromatic rings. The molecule has 7 nitrogen and oxygen atoms in total. The molecule has 44 heavy (non-hydrogen) atoms. The van der Waals surface area contributed by atoms with Crippen molar-refractivity contribution in [3.8, 4) is 0 Å². The van der Waals surface area contributed by atoms with Crippen molar-refractivity contribution >= 4 is 44.5 Å². The van der Waals surface area contributed by atoms with Gasteiger partial charge in [-0.25, -0.2) is 13.1 Å². The molecule has 1 amide bonds. The first-order chi connectivity index (χ1) is 20.9. The molecular formula is C32H34ClF3N4O3S. The zero-order chi connectivity index (χ0) is 31.5. The first-order valence-corrected chi connectivity index (χ1v) is 16.3. The summed E-state index contributed by atoms with van der Waals surface area (Å²) in [7, 11) is -4.56. The number of nitrogens with zero attached hydrogens (tertiary/aromatic N) is 2. The fourth-order valence-electron chi connectivity index (χ4n) is 5.76. The summed E-state index contributed by atoms with van der Waals surface area (Å²) >= 11 is 6.13. The third-order valence-electron chi connectivity index (χ3n) is 8.17. The lowest BCUT2D eigenvalue weighted by atomic mass is 9.95. The number of rotatable bonds is 7. The molecule has 0 spiro atoms. The van der Waals surface area contributed by atoms with Crippen molar-refractivity contribution in [2.45, 2.75) is 43.2 Å². The number of carbonyl (C=O) groups is 1. The summed E-state index contributed by atoms with van der Waals surface area (Å²) in [6, 6.07) is 16.8. The number of amides is 1. The van der Waals surface area contributed by atoms with E-state index in [1.54, 1.807) is 12.1 Å². The molecule has 0 atom stereocenters. The number of anilines is 2. The quantitative estimate of drug-likeness (QED) is 0.281. The molecule has 0 unspecified atom stereocenters. The third-order valence-corrected chi connectivity index (χ3v) is 9.75. The van der Waals surface area contributed by atoms with Gasteiger partial charge < -0.3 is 10.6 Å². The highest BCUT2D eigenvalue weighted by Gasteiger charge is 2.34. The highest BCUT2D eigenvalue weighted by molar-refractivity contribution is 7.90. The number of sulfonamides is 1. The Hall–Kier alpha value is -3.54. The van der Waals surface area contributed by atoms with E-state index in [-0.39, 0.29) is 5.56 Å². The van der Waals surface area contributed by atoms with Gasteiger partial charge in [0.05, 0.1) is 10.5 Å². The molecule has 0 bridgehead atoms. The number of piperazine rings is 1. The molecule has 0 aromatic heterocycles. The first kappa shape index (κ1) is 31.9. The number of alkyl halides is 3. The summed E-state index contributed by atoms with van der Waals surface area (Å²) in [5.74, 6) is -0.945. The van der Waals surface area contributed by atoms with E-state index in [0.717, 1.165) is 68.4 Å². The number of hydrogen-bond donors (Lipinski definition) is 2. The lowest BCUT2D eigenvalue weighted by molar-refractivity contribution is -0.137. The molecule has 1 saturated heterocycles. The predicted octanol–water partition coefficient (Wildman–Crippen LogP) is 6.60. The summed E-state index contributed by atoms with van der Waals surface area (Å²) in [5.41, 5.74) is 8.62. The molecule has 3 aromatic carbocycles. The van der Waals surface area contributed by atoms with E-state index in [4.69, 9.17) is 17.3 Å². The fourth-order valence-corrected chi connectivity index (χ4v) is 6.89. The lowest BCUT2D eigenvalue weighted by Crippen LogP contribution is -2.47. The van der Waals surface area contributed by atoms with Gasteiger partial charge in [-0.05, 0) is 91.4 Å². The summed E-state index contributed by atoms with van der Waals surface area (Å²) < 4.78 is 66.8. The van der Waals surface area contributed by atoms with Gasteiger partial charge in [-0.2, -0.15) is 13.2 Å². The van der Waals surface area contributed by atoms with Crippen LogP contribution in [0.4, 0.5) is 24.5 Å². The van der Waals surface area contributed by atoms with E-state index >= 15 is 0 Å². The largest absolute Gasteiger partial charge is 0.418 e. The summed E-state index contributed by atoms with van der Waals surface area (Å²) in [5, 5.41) is 0.737. The van der Waals surface area contributed by atoms with Crippen molar-refractivity contribution in [2.75, 3.05) is 43.4 Å². The van der Waals surface area contributed by atoms with Crippen LogP contribution in [0, 0.1) is 0 Å². The van der Waals surface area contributed by atoms with Gasteiger partial charge in [-0.1, -0.05) is 35.7 Å². The summed E-state index contributed by atoms with van der Waals surface area (Å²) in [6.07, 6.45) is 0.951. The minimum absolute atomic E-state index is 0.0671. The van der Waals surface area contributed by atoms with Gasteiger partial charge in [0.2, 0.25) is 0 Å². The summed E-state index contributed by atoms with van der Waals surface area (Å²) in [4.78, 5) is 16.7. The molecule has 1 heterocycles. The van der Waals surface area contributed by atoms with Crippen LogP contribution in [-0.2, 0) is 16.2 Å². The van der Waals surface area contributed by atoms with Crippen molar-refractivity contribution in [3.05, 3.63) is 94.0 Å². The Bertz CT molecular complexity index is 1630. The third kappa shape index (κ3) is 7.57. The van der Waals surface area contributed by atoms with Gasteiger partial charge in [0.15, 0.2) is 0 Å². The van der Waals surface area contributed by atoms with Gasteiger partial charge in [0.25, 0.3) is 15.9 Å². The molecule has 12 heteroatoms. The maximum absolute atomic E-state index is 13.2. The number of benzene rings is 3. The molecule has 234 valence electrons. The van der Waals surface area contributed by atoms with Crippen LogP contribution < -0.4 is 15.4 Å². The lowest BCUT2D eigenvalue weighted by Gasteiger charge is -2.37. The smallest absolute Gasteiger partial charge is 0.398 e. The molecule has 0 saturated carbocycles. The minimum atomic E-state index is -4.84. The van der Waals surface area contributed by atoms with Crippen LogP contribution in [0.5, 0.6) is 0 Å². The Balaban J connectivity index is 1.20. The van der Waals surface area contributed by atoms with Gasteiger partial charge in [-0.3, -0.25) is 9.69 Å². The van der Waals surface area contributed by atoms with Gasteiger partial charge in [0.1, 0.15) is 0 Å². The molecule has 1 aliphatic heterocycles. The SMILES string of the molecule is Nc1ccc(S(=O)(=O)NC(=O)c2ccc(N3CCN(CC4=C(c5ccc(Cl)cc5)CCCCC4)CC3)cc2)cc1C(F)(F)F. The number of halogens is 4. The van der Waals surface area contributed by atoms with Crippen LogP contribution in [-0.4, -0.2) is 51.9 Å². The topological polar surface area (TPSA) is 95.7 Å². The van der Waals surface area contributed by atoms with Gasteiger partial charge in [-0.15, -0.1) is 0 Å². The van der Waals surface area contributed by atoms with Crippen LogP contribution >= 0.6 is 11.6 Å².